The Kier molecular flexibility index (Phi) is 9.36. The fourth-order valence-electron chi connectivity index (χ4n) is 6.81. The van der Waals surface area contributed by atoms with Gasteiger partial charge in [-0.1, -0.05) is 52.8 Å². The van der Waals surface area contributed by atoms with Crippen LogP contribution in [0.1, 0.15) is 60.3 Å². The molecule has 7 nitrogen and oxygen atoms in total. The van der Waals surface area contributed by atoms with Gasteiger partial charge in [-0.3, -0.25) is 14.4 Å². The van der Waals surface area contributed by atoms with E-state index in [0.717, 1.165) is 19.3 Å². The molecule has 8 heteroatoms. The fraction of sp³-hybridized carbons (Fsp3) is 0.750. The van der Waals surface area contributed by atoms with Crippen molar-refractivity contribution in [2.24, 2.45) is 23.7 Å². The lowest BCUT2D eigenvalue weighted by atomic mass is 9.66. The molecule has 8 atom stereocenters. The van der Waals surface area contributed by atoms with Crippen LogP contribution in [0.4, 0.5) is 0 Å². The van der Waals surface area contributed by atoms with Gasteiger partial charge in [0.1, 0.15) is 12.6 Å². The second-order valence-electron chi connectivity index (χ2n) is 11.1. The van der Waals surface area contributed by atoms with Crippen molar-refractivity contribution < 1.29 is 24.2 Å². The normalized spacial score (nSPS) is 32.4. The number of esters is 1. The van der Waals surface area contributed by atoms with Gasteiger partial charge in [0, 0.05) is 17.8 Å². The average Bonchev–Trinajstić information content (AvgIpc) is 3.42. The van der Waals surface area contributed by atoms with Crippen LogP contribution in [-0.4, -0.2) is 80.6 Å². The maximum Gasteiger partial charge on any atom is 0.311 e. The zero-order valence-electron chi connectivity index (χ0n) is 22.5. The smallest absolute Gasteiger partial charge is 0.311 e. The van der Waals surface area contributed by atoms with E-state index in [1.165, 1.54) is 6.08 Å². The Balaban J connectivity index is 2.13. The maximum atomic E-state index is 14.5. The second kappa shape index (κ2) is 11.7. The van der Waals surface area contributed by atoms with Gasteiger partial charge in [-0.2, -0.15) is 0 Å². The average molecular weight is 521 g/mol. The number of ether oxygens (including phenoxy) is 1. The van der Waals surface area contributed by atoms with Crippen molar-refractivity contribution in [3.63, 3.8) is 0 Å². The first kappa shape index (κ1) is 28.8. The van der Waals surface area contributed by atoms with E-state index in [1.807, 2.05) is 25.7 Å². The molecule has 0 aromatic heterocycles. The number of nitrogens with zero attached hydrogens (tertiary/aromatic N) is 2. The van der Waals surface area contributed by atoms with Crippen LogP contribution in [0, 0.1) is 23.7 Å². The zero-order chi connectivity index (χ0) is 26.8. The van der Waals surface area contributed by atoms with Crippen molar-refractivity contribution in [2.45, 2.75) is 88.4 Å². The Hall–Kier alpha value is -1.80. The minimum Gasteiger partial charge on any atom is -0.461 e. The number of fused-ring (bicyclic) bond motifs is 1. The summed E-state index contributed by atoms with van der Waals surface area (Å²) < 4.78 is 4.73. The summed E-state index contributed by atoms with van der Waals surface area (Å²) in [5, 5.41) is 10.4. The molecule has 36 heavy (non-hydrogen) atoms. The van der Waals surface area contributed by atoms with Gasteiger partial charge in [0.15, 0.2) is 0 Å². The Morgan fingerprint density at radius 2 is 2.00 bits per heavy atom. The molecule has 2 bridgehead atoms. The number of hydrogen-bond donors (Lipinski definition) is 1. The number of rotatable bonds is 13. The fourth-order valence-corrected chi connectivity index (χ4v) is 9.20. The van der Waals surface area contributed by atoms with Crippen LogP contribution in [0.5, 0.6) is 0 Å². The van der Waals surface area contributed by atoms with Crippen LogP contribution in [0.3, 0.4) is 0 Å². The van der Waals surface area contributed by atoms with Crippen LogP contribution in [-0.2, 0) is 19.1 Å². The Bertz CT molecular complexity index is 863. The monoisotopic (exact) mass is 520 g/mol. The molecule has 3 aliphatic heterocycles. The predicted octanol–water partition coefficient (Wildman–Crippen LogP) is 3.66. The van der Waals surface area contributed by atoms with Gasteiger partial charge in [0.05, 0.1) is 29.2 Å². The molecular formula is C28H44N2O5S. The quantitative estimate of drug-likeness (QED) is 0.295. The van der Waals surface area contributed by atoms with Crippen LogP contribution in [0.25, 0.3) is 0 Å². The van der Waals surface area contributed by atoms with Crippen molar-refractivity contribution in [3.05, 3.63) is 25.3 Å². The minimum atomic E-state index is -0.743. The number of carbonyl (C=O) groups excluding carboxylic acids is 3. The Morgan fingerprint density at radius 1 is 1.31 bits per heavy atom. The third-order valence-electron chi connectivity index (χ3n) is 8.23. The van der Waals surface area contributed by atoms with Crippen molar-refractivity contribution in [2.75, 3.05) is 19.8 Å². The summed E-state index contributed by atoms with van der Waals surface area (Å²) in [6.07, 6.45) is 6.36. The first-order chi connectivity index (χ1) is 17.1. The summed E-state index contributed by atoms with van der Waals surface area (Å²) >= 11 is 1.63. The molecular weight excluding hydrogens is 476 g/mol. The highest BCUT2D eigenvalue weighted by Gasteiger charge is 2.77. The maximum absolute atomic E-state index is 14.5. The molecule has 2 amide bonds. The molecule has 0 radical (unpaired) electrons. The Labute approximate surface area is 220 Å². The van der Waals surface area contributed by atoms with Gasteiger partial charge in [-0.05, 0) is 38.0 Å². The van der Waals surface area contributed by atoms with Gasteiger partial charge >= 0.3 is 5.97 Å². The van der Waals surface area contributed by atoms with Crippen molar-refractivity contribution in [1.29, 1.82) is 0 Å². The van der Waals surface area contributed by atoms with Gasteiger partial charge in [-0.25, -0.2) is 0 Å². The molecule has 3 saturated heterocycles. The summed E-state index contributed by atoms with van der Waals surface area (Å²) in [5.41, 5.74) is 0. The van der Waals surface area contributed by atoms with Crippen LogP contribution in [0.15, 0.2) is 25.3 Å². The zero-order valence-corrected chi connectivity index (χ0v) is 23.3. The summed E-state index contributed by atoms with van der Waals surface area (Å²) in [4.78, 5) is 45.5. The molecule has 1 spiro atoms. The van der Waals surface area contributed by atoms with Crippen LogP contribution in [0.2, 0.25) is 0 Å². The molecule has 4 unspecified atom stereocenters. The predicted molar refractivity (Wildman–Crippen MR) is 143 cm³/mol. The molecule has 202 valence electrons. The van der Waals surface area contributed by atoms with E-state index in [4.69, 9.17) is 4.74 Å². The summed E-state index contributed by atoms with van der Waals surface area (Å²) in [6, 6.07) is -1.25. The third kappa shape index (κ3) is 4.75. The minimum absolute atomic E-state index is 0.0159. The first-order valence-corrected chi connectivity index (χ1v) is 14.3. The first-order valence-electron chi connectivity index (χ1n) is 13.4. The number of hydrogen-bond acceptors (Lipinski definition) is 6. The lowest BCUT2D eigenvalue weighted by molar-refractivity contribution is -0.154. The summed E-state index contributed by atoms with van der Waals surface area (Å²) in [5.74, 6) is -1.64. The molecule has 0 aromatic carbocycles. The number of likely N-dealkylation sites (tertiary alicyclic amines) is 1. The molecule has 1 N–H and O–H groups in total. The molecule has 3 aliphatic rings. The van der Waals surface area contributed by atoms with Crippen molar-refractivity contribution >= 4 is 29.5 Å². The van der Waals surface area contributed by atoms with E-state index in [-0.39, 0.29) is 54.1 Å². The van der Waals surface area contributed by atoms with Crippen molar-refractivity contribution in [1.82, 2.24) is 9.80 Å². The second-order valence-corrected chi connectivity index (χ2v) is 12.6. The molecule has 0 saturated carbocycles. The standard InChI is InChI=1S/C28H44N2O5S/c1-8-11-19(7)29(12-9-2)26(33)24-28-18(6)15-21(36-28)22(27(34)35-13-10-3)23(28)25(32)30(24)20(16-31)14-17(4)5/h9-10,17-24,31H,2-3,8,11-16H2,1,4-7H3/t18?,19?,20-,21+,22-,23+,24?,28?/m1/s1. The highest BCUT2D eigenvalue weighted by Crippen LogP contribution is 2.69. The number of aliphatic hydroxyl groups excluding tert-OH is 1. The van der Waals surface area contributed by atoms with Crippen LogP contribution < -0.4 is 0 Å². The third-order valence-corrected chi connectivity index (χ3v) is 10.3. The lowest BCUT2D eigenvalue weighted by Gasteiger charge is -2.43. The number of thioether (sulfide) groups is 1. The number of carbonyl (C=O) groups is 3. The molecule has 3 rings (SSSR count). The van der Waals surface area contributed by atoms with E-state index in [2.05, 4.69) is 27.0 Å². The van der Waals surface area contributed by atoms with Crippen LogP contribution >= 0.6 is 11.8 Å². The molecule has 3 fully saturated rings. The Morgan fingerprint density at radius 3 is 2.56 bits per heavy atom. The van der Waals surface area contributed by atoms with E-state index in [9.17, 15) is 19.5 Å². The SMILES string of the molecule is C=CCOC(=O)[C@@H]1[C@@H]2CC(C)C3(S2)C(C(=O)N(CC=C)C(C)CCC)N([C@@H](CO)CC(C)C)C(=O)[C@H]13. The molecule has 0 aliphatic carbocycles. The van der Waals surface area contributed by atoms with Gasteiger partial charge in [0.25, 0.3) is 0 Å². The molecule has 3 heterocycles. The largest absolute Gasteiger partial charge is 0.461 e. The summed E-state index contributed by atoms with van der Waals surface area (Å²) in [7, 11) is 0. The van der Waals surface area contributed by atoms with E-state index in [1.54, 1.807) is 22.7 Å². The topological polar surface area (TPSA) is 87.2 Å². The van der Waals surface area contributed by atoms with E-state index in [0.29, 0.717) is 13.0 Å². The summed E-state index contributed by atoms with van der Waals surface area (Å²) in [6.45, 7) is 18.1. The van der Waals surface area contributed by atoms with Gasteiger partial charge < -0.3 is 19.6 Å². The lowest BCUT2D eigenvalue weighted by Crippen LogP contribution is -2.60. The van der Waals surface area contributed by atoms with E-state index < -0.39 is 28.7 Å². The van der Waals surface area contributed by atoms with Gasteiger partial charge in [-0.15, -0.1) is 18.3 Å². The van der Waals surface area contributed by atoms with E-state index >= 15 is 0 Å². The van der Waals surface area contributed by atoms with Gasteiger partial charge in [0.2, 0.25) is 11.8 Å². The molecule has 0 aromatic rings. The highest BCUT2D eigenvalue weighted by molar-refractivity contribution is 8.02. The van der Waals surface area contributed by atoms with Crippen molar-refractivity contribution in [3.8, 4) is 0 Å². The number of aliphatic hydroxyl groups is 1. The highest BCUT2D eigenvalue weighted by atomic mass is 32.2. The number of amides is 2.